The third-order valence-electron chi connectivity index (χ3n) is 5.22. The minimum Gasteiger partial charge on any atom is -0.377 e. The summed E-state index contributed by atoms with van der Waals surface area (Å²) in [5.41, 5.74) is 4.22. The van der Waals surface area contributed by atoms with E-state index in [0.29, 0.717) is 6.04 Å². The summed E-state index contributed by atoms with van der Waals surface area (Å²) >= 11 is 0. The molecule has 0 radical (unpaired) electrons. The van der Waals surface area contributed by atoms with Crippen molar-refractivity contribution in [3.05, 3.63) is 41.1 Å². The summed E-state index contributed by atoms with van der Waals surface area (Å²) in [5.74, 6) is 0.819. The van der Waals surface area contributed by atoms with Crippen LogP contribution in [0.2, 0.25) is 0 Å². The van der Waals surface area contributed by atoms with E-state index in [1.54, 1.807) is 7.05 Å². The molecule has 1 amide bonds. The fourth-order valence-electron chi connectivity index (χ4n) is 3.50. The predicted octanol–water partition coefficient (Wildman–Crippen LogP) is 1.28. The number of anilines is 2. The number of aryl methyl sites for hydroxylation is 1. The molecule has 0 aromatic carbocycles. The van der Waals surface area contributed by atoms with Gasteiger partial charge in [-0.1, -0.05) is 0 Å². The lowest BCUT2D eigenvalue weighted by Gasteiger charge is -2.22. The molecule has 3 rings (SSSR count). The Morgan fingerprint density at radius 3 is 2.82 bits per heavy atom. The van der Waals surface area contributed by atoms with Crippen molar-refractivity contribution in [2.24, 2.45) is 0 Å². The summed E-state index contributed by atoms with van der Waals surface area (Å²) in [6.45, 7) is 6.45. The van der Waals surface area contributed by atoms with Crippen LogP contribution in [0.5, 0.6) is 0 Å². The molecular formula is C20H29N7O. The molecule has 1 atom stereocenters. The molecule has 2 aromatic rings. The Labute approximate surface area is 166 Å². The molecule has 8 heteroatoms. The van der Waals surface area contributed by atoms with Crippen LogP contribution in [0.4, 0.5) is 11.5 Å². The zero-order valence-electron chi connectivity index (χ0n) is 17.3. The predicted molar refractivity (Wildman–Crippen MR) is 111 cm³/mol. The lowest BCUT2D eigenvalue weighted by molar-refractivity contribution is 0.0952. The number of aromatic nitrogens is 3. The highest BCUT2D eigenvalue weighted by atomic mass is 16.2. The van der Waals surface area contributed by atoms with E-state index in [9.17, 15) is 4.79 Å². The van der Waals surface area contributed by atoms with Crippen molar-refractivity contribution in [1.82, 2.24) is 25.6 Å². The van der Waals surface area contributed by atoms with Crippen LogP contribution in [0.3, 0.4) is 0 Å². The highest BCUT2D eigenvalue weighted by molar-refractivity contribution is 5.90. The van der Waals surface area contributed by atoms with Gasteiger partial charge in [0.15, 0.2) is 0 Å². The normalized spacial score (nSPS) is 16.3. The number of carbonyl (C=O) groups is 1. The molecule has 3 heterocycles. The van der Waals surface area contributed by atoms with Gasteiger partial charge in [0.05, 0.1) is 0 Å². The fraction of sp³-hybridized carbons (Fsp3) is 0.500. The SMILES string of the molecule is CNC(=O)c1nc(C)c(C)c(N2CC[C@@H](NCc3cnccc3N(C)C)C2)n1. The smallest absolute Gasteiger partial charge is 0.288 e. The molecule has 0 spiro atoms. The molecule has 8 nitrogen and oxygen atoms in total. The summed E-state index contributed by atoms with van der Waals surface area (Å²) in [4.78, 5) is 29.4. The average Bonchev–Trinajstić information content (AvgIpc) is 3.16. The van der Waals surface area contributed by atoms with Gasteiger partial charge in [0.2, 0.25) is 5.82 Å². The van der Waals surface area contributed by atoms with Gasteiger partial charge >= 0.3 is 0 Å². The Balaban J connectivity index is 1.69. The molecule has 2 aromatic heterocycles. The second-order valence-corrected chi connectivity index (χ2v) is 7.37. The first-order valence-electron chi connectivity index (χ1n) is 9.56. The van der Waals surface area contributed by atoms with Gasteiger partial charge in [-0.3, -0.25) is 9.78 Å². The number of hydrogen-bond acceptors (Lipinski definition) is 7. The van der Waals surface area contributed by atoms with Crippen LogP contribution < -0.4 is 20.4 Å². The number of rotatable bonds is 6. The van der Waals surface area contributed by atoms with E-state index >= 15 is 0 Å². The molecule has 0 aliphatic carbocycles. The van der Waals surface area contributed by atoms with E-state index < -0.39 is 0 Å². The topological polar surface area (TPSA) is 86.3 Å². The first-order valence-corrected chi connectivity index (χ1v) is 9.56. The Hall–Kier alpha value is -2.74. The standard InChI is InChI=1S/C20H29N7O/c1-13-14(2)24-18(20(28)21-3)25-19(13)27-9-7-16(12-27)23-11-15-10-22-8-6-17(15)26(4)5/h6,8,10,16,23H,7,9,11-12H2,1-5H3,(H,21,28)/t16-/m1/s1. The molecular weight excluding hydrogens is 354 g/mol. The second kappa shape index (κ2) is 8.52. The van der Waals surface area contributed by atoms with Gasteiger partial charge in [0.25, 0.3) is 5.91 Å². The Kier molecular flexibility index (Phi) is 6.08. The van der Waals surface area contributed by atoms with E-state index in [0.717, 1.165) is 43.1 Å². The molecule has 1 aliphatic rings. The van der Waals surface area contributed by atoms with Gasteiger partial charge in [0.1, 0.15) is 5.82 Å². The highest BCUT2D eigenvalue weighted by Gasteiger charge is 2.26. The van der Waals surface area contributed by atoms with Crippen LogP contribution in [0, 0.1) is 13.8 Å². The Morgan fingerprint density at radius 1 is 1.32 bits per heavy atom. The third kappa shape index (κ3) is 4.22. The summed E-state index contributed by atoms with van der Waals surface area (Å²) in [6.07, 6.45) is 4.76. The fourth-order valence-corrected chi connectivity index (χ4v) is 3.50. The molecule has 0 unspecified atom stereocenters. The van der Waals surface area contributed by atoms with Crippen molar-refractivity contribution in [3.8, 4) is 0 Å². The van der Waals surface area contributed by atoms with E-state index in [1.165, 1.54) is 11.3 Å². The van der Waals surface area contributed by atoms with Crippen molar-refractivity contribution in [3.63, 3.8) is 0 Å². The van der Waals surface area contributed by atoms with Gasteiger partial charge < -0.3 is 20.4 Å². The summed E-state index contributed by atoms with van der Waals surface area (Å²) in [6, 6.07) is 2.39. The first-order chi connectivity index (χ1) is 13.4. The quantitative estimate of drug-likeness (QED) is 0.777. The van der Waals surface area contributed by atoms with E-state index in [4.69, 9.17) is 0 Å². The molecule has 2 N–H and O–H groups in total. The number of amides is 1. The van der Waals surface area contributed by atoms with Crippen LogP contribution in [0.25, 0.3) is 0 Å². The van der Waals surface area contributed by atoms with Crippen molar-refractivity contribution >= 4 is 17.4 Å². The van der Waals surface area contributed by atoms with Crippen LogP contribution in [-0.4, -0.2) is 61.1 Å². The van der Waals surface area contributed by atoms with E-state index in [-0.39, 0.29) is 11.7 Å². The minimum atomic E-state index is -0.258. The number of nitrogens with one attached hydrogen (secondary N) is 2. The van der Waals surface area contributed by atoms with Gasteiger partial charge in [-0.05, 0) is 26.3 Å². The molecule has 150 valence electrons. The van der Waals surface area contributed by atoms with Crippen molar-refractivity contribution in [2.45, 2.75) is 32.9 Å². The number of hydrogen-bond donors (Lipinski definition) is 2. The Morgan fingerprint density at radius 2 is 2.11 bits per heavy atom. The van der Waals surface area contributed by atoms with Gasteiger partial charge in [0, 0.05) is 81.7 Å². The van der Waals surface area contributed by atoms with Crippen molar-refractivity contribution in [1.29, 1.82) is 0 Å². The molecule has 0 bridgehead atoms. The lowest BCUT2D eigenvalue weighted by atomic mass is 10.2. The van der Waals surface area contributed by atoms with Crippen molar-refractivity contribution < 1.29 is 4.79 Å². The van der Waals surface area contributed by atoms with Gasteiger partial charge in [-0.15, -0.1) is 0 Å². The largest absolute Gasteiger partial charge is 0.377 e. The molecule has 0 saturated carbocycles. The molecule has 1 fully saturated rings. The molecule has 1 saturated heterocycles. The minimum absolute atomic E-state index is 0.225. The first kappa shape index (κ1) is 20.0. The van der Waals surface area contributed by atoms with Crippen LogP contribution in [0.1, 0.15) is 33.9 Å². The second-order valence-electron chi connectivity index (χ2n) is 7.37. The third-order valence-corrected chi connectivity index (χ3v) is 5.22. The number of nitrogens with zero attached hydrogens (tertiary/aromatic N) is 5. The lowest BCUT2D eigenvalue weighted by Crippen LogP contribution is -2.33. The zero-order valence-corrected chi connectivity index (χ0v) is 17.3. The maximum atomic E-state index is 12.0. The number of carbonyl (C=O) groups excluding carboxylic acids is 1. The maximum Gasteiger partial charge on any atom is 0.288 e. The van der Waals surface area contributed by atoms with Crippen LogP contribution in [-0.2, 0) is 6.54 Å². The zero-order chi connectivity index (χ0) is 20.3. The van der Waals surface area contributed by atoms with E-state index in [2.05, 4.69) is 35.4 Å². The van der Waals surface area contributed by atoms with Crippen LogP contribution >= 0.6 is 0 Å². The average molecular weight is 384 g/mol. The van der Waals surface area contributed by atoms with E-state index in [1.807, 2.05) is 46.4 Å². The summed E-state index contributed by atoms with van der Waals surface area (Å²) in [5, 5.41) is 6.25. The van der Waals surface area contributed by atoms with Crippen LogP contribution in [0.15, 0.2) is 18.5 Å². The number of pyridine rings is 1. The maximum absolute atomic E-state index is 12.0. The highest BCUT2D eigenvalue weighted by Crippen LogP contribution is 2.24. The van der Waals surface area contributed by atoms with Gasteiger partial charge in [-0.2, -0.15) is 0 Å². The monoisotopic (exact) mass is 383 g/mol. The summed E-state index contributed by atoms with van der Waals surface area (Å²) < 4.78 is 0. The Bertz CT molecular complexity index is 852. The van der Waals surface area contributed by atoms with Crippen molar-refractivity contribution in [2.75, 3.05) is 44.0 Å². The molecule has 1 aliphatic heterocycles. The summed E-state index contributed by atoms with van der Waals surface area (Å²) in [7, 11) is 5.68. The molecule has 28 heavy (non-hydrogen) atoms. The van der Waals surface area contributed by atoms with Gasteiger partial charge in [-0.25, -0.2) is 9.97 Å².